The number of hydrogen-bond donors (Lipinski definition) is 1. The zero-order chi connectivity index (χ0) is 22.9. The van der Waals surface area contributed by atoms with E-state index in [1.807, 2.05) is 36.5 Å². The van der Waals surface area contributed by atoms with Gasteiger partial charge in [0.2, 0.25) is 0 Å². The van der Waals surface area contributed by atoms with Crippen molar-refractivity contribution in [2.24, 2.45) is 0 Å². The van der Waals surface area contributed by atoms with Gasteiger partial charge in [-0.15, -0.1) is 0 Å². The molecule has 0 radical (unpaired) electrons. The molecular formula is C25H34N4O4. The number of rotatable bonds is 9. The highest BCUT2D eigenvalue weighted by molar-refractivity contribution is 5.80. The number of nitrogens with zero attached hydrogens (tertiary/aromatic N) is 3. The molecule has 8 nitrogen and oxygen atoms in total. The summed E-state index contributed by atoms with van der Waals surface area (Å²) < 4.78 is 12.5. The van der Waals surface area contributed by atoms with Crippen LogP contribution in [-0.4, -0.2) is 71.6 Å². The highest BCUT2D eigenvalue weighted by Crippen LogP contribution is 2.33. The molecule has 1 aromatic carbocycles. The van der Waals surface area contributed by atoms with Crippen molar-refractivity contribution in [1.29, 1.82) is 0 Å². The number of aromatic nitrogens is 2. The van der Waals surface area contributed by atoms with Gasteiger partial charge in [-0.1, -0.05) is 37.5 Å². The third-order valence-corrected chi connectivity index (χ3v) is 6.72. The highest BCUT2D eigenvalue weighted by atomic mass is 16.5. The smallest absolute Gasteiger partial charge is 0.306 e. The van der Waals surface area contributed by atoms with Crippen molar-refractivity contribution < 1.29 is 19.1 Å². The van der Waals surface area contributed by atoms with Crippen LogP contribution in [-0.2, 0) is 25.5 Å². The Morgan fingerprint density at radius 1 is 1.09 bits per heavy atom. The zero-order valence-corrected chi connectivity index (χ0v) is 19.2. The molecule has 0 bridgehead atoms. The lowest BCUT2D eigenvalue weighted by molar-refractivity contribution is -0.148. The van der Waals surface area contributed by atoms with E-state index in [0.717, 1.165) is 50.4 Å². The molecule has 1 N–H and O–H groups in total. The number of carbonyl (C=O) groups excluding carboxylic acids is 2. The van der Waals surface area contributed by atoms with Gasteiger partial charge in [-0.3, -0.25) is 14.5 Å². The van der Waals surface area contributed by atoms with Gasteiger partial charge in [0.15, 0.2) is 6.61 Å². The Kier molecular flexibility index (Phi) is 8.12. The summed E-state index contributed by atoms with van der Waals surface area (Å²) in [5, 5.41) is 7.37. The van der Waals surface area contributed by atoms with Gasteiger partial charge in [0.1, 0.15) is 0 Å². The topological polar surface area (TPSA) is 85.7 Å². The number of esters is 1. The maximum absolute atomic E-state index is 12.4. The maximum Gasteiger partial charge on any atom is 0.306 e. The quantitative estimate of drug-likeness (QED) is 0.586. The molecular weight excluding hydrogens is 420 g/mol. The fourth-order valence-corrected chi connectivity index (χ4v) is 4.84. The van der Waals surface area contributed by atoms with Crippen molar-refractivity contribution in [2.75, 3.05) is 39.5 Å². The standard InChI is InChI=1S/C25H34N4O4/c30-23(26-20-25(11-5-2-6-12-25)28-13-15-32-16-14-28)19-33-24(31)10-9-21-17-27-29(18-21)22-7-3-1-4-8-22/h1,3-4,7-8,17-18H,2,5-6,9-16,19-20H2,(H,26,30). The van der Waals surface area contributed by atoms with Crippen LogP contribution in [0.5, 0.6) is 0 Å². The summed E-state index contributed by atoms with van der Waals surface area (Å²) in [4.78, 5) is 27.1. The van der Waals surface area contributed by atoms with E-state index in [2.05, 4.69) is 15.3 Å². The average Bonchev–Trinajstić information content (AvgIpc) is 3.36. The van der Waals surface area contributed by atoms with E-state index in [9.17, 15) is 9.59 Å². The second kappa shape index (κ2) is 11.4. The molecule has 178 valence electrons. The Morgan fingerprint density at radius 2 is 1.85 bits per heavy atom. The van der Waals surface area contributed by atoms with Crippen LogP contribution < -0.4 is 5.32 Å². The monoisotopic (exact) mass is 454 g/mol. The Hall–Kier alpha value is -2.71. The molecule has 8 heteroatoms. The van der Waals surface area contributed by atoms with E-state index in [4.69, 9.17) is 9.47 Å². The maximum atomic E-state index is 12.4. The Labute approximate surface area is 195 Å². The Bertz CT molecular complexity index is 902. The zero-order valence-electron chi connectivity index (χ0n) is 19.2. The number of amides is 1. The number of morpholine rings is 1. The lowest BCUT2D eigenvalue weighted by Gasteiger charge is -2.48. The summed E-state index contributed by atoms with van der Waals surface area (Å²) in [6.45, 7) is 3.68. The molecule has 1 amide bonds. The SMILES string of the molecule is O=C(COC(=O)CCc1cnn(-c2ccccc2)c1)NCC1(N2CCOCC2)CCCCC1. The van der Waals surface area contributed by atoms with Crippen molar-refractivity contribution in [3.05, 3.63) is 48.3 Å². The normalized spacial score (nSPS) is 18.5. The Morgan fingerprint density at radius 3 is 2.61 bits per heavy atom. The number of hydrogen-bond acceptors (Lipinski definition) is 6. The van der Waals surface area contributed by atoms with Gasteiger partial charge >= 0.3 is 5.97 Å². The molecule has 0 unspecified atom stereocenters. The average molecular weight is 455 g/mol. The van der Waals surface area contributed by atoms with Gasteiger partial charge in [0.25, 0.3) is 5.91 Å². The van der Waals surface area contributed by atoms with E-state index in [1.165, 1.54) is 19.3 Å². The molecule has 1 saturated heterocycles. The van der Waals surface area contributed by atoms with E-state index in [-0.39, 0.29) is 30.4 Å². The minimum atomic E-state index is -0.377. The van der Waals surface area contributed by atoms with Crippen molar-refractivity contribution in [3.63, 3.8) is 0 Å². The lowest BCUT2D eigenvalue weighted by Crippen LogP contribution is -2.59. The fourth-order valence-electron chi connectivity index (χ4n) is 4.84. The van der Waals surface area contributed by atoms with Crippen LogP contribution in [0.15, 0.2) is 42.7 Å². The molecule has 1 aliphatic carbocycles. The number of carbonyl (C=O) groups is 2. The number of para-hydroxylation sites is 1. The molecule has 4 rings (SSSR count). The van der Waals surface area contributed by atoms with E-state index in [0.29, 0.717) is 13.0 Å². The van der Waals surface area contributed by atoms with Crippen LogP contribution >= 0.6 is 0 Å². The summed E-state index contributed by atoms with van der Waals surface area (Å²) >= 11 is 0. The van der Waals surface area contributed by atoms with Crippen LogP contribution in [0, 0.1) is 0 Å². The highest BCUT2D eigenvalue weighted by Gasteiger charge is 2.38. The second-order valence-electron chi connectivity index (χ2n) is 8.95. The Balaban J connectivity index is 1.19. The van der Waals surface area contributed by atoms with Crippen LogP contribution in [0.1, 0.15) is 44.1 Å². The lowest BCUT2D eigenvalue weighted by atomic mass is 9.79. The summed E-state index contributed by atoms with van der Waals surface area (Å²) in [5.41, 5.74) is 1.92. The van der Waals surface area contributed by atoms with Gasteiger partial charge in [-0.25, -0.2) is 4.68 Å². The van der Waals surface area contributed by atoms with Gasteiger partial charge in [0.05, 0.1) is 25.1 Å². The molecule has 0 atom stereocenters. The first-order valence-electron chi connectivity index (χ1n) is 12.0. The van der Waals surface area contributed by atoms with Crippen LogP contribution in [0.3, 0.4) is 0 Å². The van der Waals surface area contributed by atoms with Crippen LogP contribution in [0.2, 0.25) is 0 Å². The summed E-state index contributed by atoms with van der Waals surface area (Å²) in [6, 6.07) is 9.81. The predicted octanol–water partition coefficient (Wildman–Crippen LogP) is 2.50. The molecule has 2 aliphatic rings. The van der Waals surface area contributed by atoms with Gasteiger partial charge in [-0.05, 0) is 37.0 Å². The number of ether oxygens (including phenoxy) is 2. The molecule has 1 saturated carbocycles. The molecule has 33 heavy (non-hydrogen) atoms. The number of benzene rings is 1. The van der Waals surface area contributed by atoms with Gasteiger partial charge in [0, 0.05) is 37.8 Å². The van der Waals surface area contributed by atoms with Crippen molar-refractivity contribution >= 4 is 11.9 Å². The van der Waals surface area contributed by atoms with Crippen molar-refractivity contribution in [2.45, 2.75) is 50.5 Å². The summed E-state index contributed by atoms with van der Waals surface area (Å²) in [6.07, 6.45) is 10.2. The first kappa shape index (κ1) is 23.4. The van der Waals surface area contributed by atoms with Crippen LogP contribution in [0.25, 0.3) is 5.69 Å². The fraction of sp³-hybridized carbons (Fsp3) is 0.560. The van der Waals surface area contributed by atoms with Crippen molar-refractivity contribution in [3.8, 4) is 5.69 Å². The van der Waals surface area contributed by atoms with Gasteiger partial charge in [-0.2, -0.15) is 5.10 Å². The number of aryl methyl sites for hydroxylation is 1. The summed E-state index contributed by atoms with van der Waals surface area (Å²) in [5.74, 6) is -0.614. The first-order chi connectivity index (χ1) is 16.1. The minimum Gasteiger partial charge on any atom is -0.456 e. The third-order valence-electron chi connectivity index (χ3n) is 6.72. The molecule has 2 fully saturated rings. The molecule has 0 spiro atoms. The molecule has 2 heterocycles. The van der Waals surface area contributed by atoms with Crippen LogP contribution in [0.4, 0.5) is 0 Å². The molecule has 2 aromatic rings. The van der Waals surface area contributed by atoms with Gasteiger partial charge < -0.3 is 14.8 Å². The third kappa shape index (κ3) is 6.42. The summed E-state index contributed by atoms with van der Waals surface area (Å²) in [7, 11) is 0. The van der Waals surface area contributed by atoms with E-state index < -0.39 is 0 Å². The number of nitrogens with one attached hydrogen (secondary N) is 1. The molecule has 1 aliphatic heterocycles. The predicted molar refractivity (Wildman–Crippen MR) is 124 cm³/mol. The molecule has 1 aromatic heterocycles. The second-order valence-corrected chi connectivity index (χ2v) is 8.95. The van der Waals surface area contributed by atoms with E-state index >= 15 is 0 Å². The first-order valence-corrected chi connectivity index (χ1v) is 12.0. The largest absolute Gasteiger partial charge is 0.456 e. The van der Waals surface area contributed by atoms with Crippen molar-refractivity contribution in [1.82, 2.24) is 20.0 Å². The minimum absolute atomic E-state index is 0.000604. The van der Waals surface area contributed by atoms with E-state index in [1.54, 1.807) is 10.9 Å².